The van der Waals surface area contributed by atoms with Crippen LogP contribution in [0.15, 0.2) is 72.9 Å². The van der Waals surface area contributed by atoms with E-state index < -0.39 is 0 Å². The number of carbonyl (C=O) groups excluding carboxylic acids is 2. The van der Waals surface area contributed by atoms with Gasteiger partial charge in [-0.1, -0.05) is 75.6 Å². The number of aromatic nitrogens is 1. The van der Waals surface area contributed by atoms with E-state index in [1.807, 2.05) is 23.1 Å². The summed E-state index contributed by atoms with van der Waals surface area (Å²) in [7, 11) is 1.57. The Labute approximate surface area is 233 Å². The number of amides is 2. The predicted molar refractivity (Wildman–Crippen MR) is 156 cm³/mol. The number of rotatable bonds is 12. The summed E-state index contributed by atoms with van der Waals surface area (Å²) in [6, 6.07) is 22.0. The number of methoxy groups -OCH3 is 1. The Balaban J connectivity index is 1.57. The Hall–Kier alpha value is -3.54. The van der Waals surface area contributed by atoms with Gasteiger partial charge in [0.1, 0.15) is 12.3 Å². The second kappa shape index (κ2) is 14.0. The van der Waals surface area contributed by atoms with Gasteiger partial charge in [-0.2, -0.15) is 0 Å². The Bertz CT molecular complexity index is 1200. The summed E-state index contributed by atoms with van der Waals surface area (Å²) in [6.07, 6.45) is 8.43. The number of hydrogen-bond acceptors (Lipinski definition) is 3. The minimum absolute atomic E-state index is 0.0152. The van der Waals surface area contributed by atoms with Crippen molar-refractivity contribution in [1.82, 2.24) is 14.4 Å². The molecule has 0 unspecified atom stereocenters. The van der Waals surface area contributed by atoms with Gasteiger partial charge in [0, 0.05) is 31.0 Å². The summed E-state index contributed by atoms with van der Waals surface area (Å²) in [6.45, 7) is 6.20. The summed E-state index contributed by atoms with van der Waals surface area (Å²) >= 11 is 0. The molecule has 1 aliphatic carbocycles. The molecule has 6 heteroatoms. The standard InChI is InChI=1S/C33H43N3O3/c1-26(2)20-22-35(33(38)30-18-10-11-19-31(30)39-3)25-32(37)36(28-15-8-5-9-16-28)24-29-17-12-21-34(29)23-27-13-6-4-7-14-27/h4,6-7,10-14,17-19,21,26,28H,5,8-9,15-16,20,22-25H2,1-3H3. The number of benzene rings is 2. The van der Waals surface area contributed by atoms with Gasteiger partial charge in [0.2, 0.25) is 5.91 Å². The lowest BCUT2D eigenvalue weighted by molar-refractivity contribution is -0.135. The van der Waals surface area contributed by atoms with Crippen LogP contribution in [0.3, 0.4) is 0 Å². The minimum Gasteiger partial charge on any atom is -0.496 e. The van der Waals surface area contributed by atoms with Crippen LogP contribution < -0.4 is 4.74 Å². The summed E-state index contributed by atoms with van der Waals surface area (Å²) in [5.41, 5.74) is 2.84. The maximum atomic E-state index is 14.1. The Morgan fingerprint density at radius 3 is 2.38 bits per heavy atom. The molecule has 0 saturated heterocycles. The van der Waals surface area contributed by atoms with Gasteiger partial charge in [-0.25, -0.2) is 0 Å². The van der Waals surface area contributed by atoms with Crippen LogP contribution in [0.2, 0.25) is 0 Å². The van der Waals surface area contributed by atoms with Gasteiger partial charge in [-0.15, -0.1) is 0 Å². The van der Waals surface area contributed by atoms with Crippen LogP contribution in [-0.4, -0.2) is 52.4 Å². The normalized spacial score (nSPS) is 13.8. The molecule has 1 aromatic heterocycles. The lowest BCUT2D eigenvalue weighted by Gasteiger charge is -2.36. The number of ether oxygens (including phenoxy) is 1. The first-order valence-electron chi connectivity index (χ1n) is 14.4. The summed E-state index contributed by atoms with van der Waals surface area (Å²) in [5.74, 6) is 0.815. The highest BCUT2D eigenvalue weighted by atomic mass is 16.5. The predicted octanol–water partition coefficient (Wildman–Crippen LogP) is 6.39. The Morgan fingerprint density at radius 2 is 1.67 bits per heavy atom. The molecule has 1 heterocycles. The molecule has 4 rings (SSSR count). The lowest BCUT2D eigenvalue weighted by atomic mass is 9.94. The van der Waals surface area contributed by atoms with Crippen LogP contribution in [0, 0.1) is 5.92 Å². The van der Waals surface area contributed by atoms with Crippen LogP contribution in [0.4, 0.5) is 0 Å². The van der Waals surface area contributed by atoms with Crippen LogP contribution >= 0.6 is 0 Å². The zero-order valence-corrected chi connectivity index (χ0v) is 23.7. The largest absolute Gasteiger partial charge is 0.496 e. The van der Waals surface area contributed by atoms with Crippen molar-refractivity contribution < 1.29 is 14.3 Å². The summed E-state index contributed by atoms with van der Waals surface area (Å²) in [5, 5.41) is 0. The number of para-hydroxylation sites is 1. The molecule has 1 fully saturated rings. The van der Waals surface area contributed by atoms with E-state index in [-0.39, 0.29) is 24.4 Å². The molecule has 0 spiro atoms. The second-order valence-corrected chi connectivity index (χ2v) is 11.0. The van der Waals surface area contributed by atoms with Crippen molar-refractivity contribution in [3.05, 3.63) is 89.7 Å². The maximum Gasteiger partial charge on any atom is 0.258 e. The number of carbonyl (C=O) groups is 2. The van der Waals surface area contributed by atoms with Gasteiger partial charge >= 0.3 is 0 Å². The van der Waals surface area contributed by atoms with Crippen molar-refractivity contribution in [2.24, 2.45) is 5.92 Å². The first-order valence-corrected chi connectivity index (χ1v) is 14.4. The van der Waals surface area contributed by atoms with Crippen molar-refractivity contribution in [2.75, 3.05) is 20.2 Å². The average Bonchev–Trinajstić information content (AvgIpc) is 3.40. The van der Waals surface area contributed by atoms with E-state index >= 15 is 0 Å². The van der Waals surface area contributed by atoms with Gasteiger partial charge in [0.25, 0.3) is 5.91 Å². The van der Waals surface area contributed by atoms with Crippen LogP contribution in [0.25, 0.3) is 0 Å². The highest BCUT2D eigenvalue weighted by molar-refractivity contribution is 5.98. The first kappa shape index (κ1) is 28.5. The quantitative estimate of drug-likeness (QED) is 0.273. The van der Waals surface area contributed by atoms with Crippen LogP contribution in [0.5, 0.6) is 5.75 Å². The molecule has 0 N–H and O–H groups in total. The maximum absolute atomic E-state index is 14.1. The van der Waals surface area contributed by atoms with E-state index in [0.717, 1.165) is 44.3 Å². The van der Waals surface area contributed by atoms with E-state index in [4.69, 9.17) is 4.74 Å². The van der Waals surface area contributed by atoms with E-state index in [1.165, 1.54) is 12.0 Å². The first-order chi connectivity index (χ1) is 19.0. The Morgan fingerprint density at radius 1 is 0.949 bits per heavy atom. The van der Waals surface area contributed by atoms with E-state index in [1.54, 1.807) is 24.1 Å². The fourth-order valence-electron chi connectivity index (χ4n) is 5.43. The zero-order valence-electron chi connectivity index (χ0n) is 23.7. The van der Waals surface area contributed by atoms with Crippen molar-refractivity contribution >= 4 is 11.8 Å². The smallest absolute Gasteiger partial charge is 0.258 e. The third-order valence-corrected chi connectivity index (χ3v) is 7.71. The third-order valence-electron chi connectivity index (χ3n) is 7.71. The second-order valence-electron chi connectivity index (χ2n) is 11.0. The number of hydrogen-bond donors (Lipinski definition) is 0. The molecule has 0 radical (unpaired) electrons. The van der Waals surface area contributed by atoms with Crippen molar-refractivity contribution in [3.8, 4) is 5.75 Å². The van der Waals surface area contributed by atoms with Gasteiger partial charge < -0.3 is 19.1 Å². The molecule has 39 heavy (non-hydrogen) atoms. The van der Waals surface area contributed by atoms with Crippen molar-refractivity contribution in [3.63, 3.8) is 0 Å². The molecule has 2 aromatic carbocycles. The molecular weight excluding hydrogens is 486 g/mol. The van der Waals surface area contributed by atoms with Crippen LogP contribution in [-0.2, 0) is 17.9 Å². The Kier molecular flexibility index (Phi) is 10.2. The fourth-order valence-corrected chi connectivity index (χ4v) is 5.43. The fraction of sp³-hybridized carbons (Fsp3) is 0.455. The molecular formula is C33H43N3O3. The molecule has 208 valence electrons. The molecule has 1 saturated carbocycles. The molecule has 0 aliphatic heterocycles. The third kappa shape index (κ3) is 7.75. The topological polar surface area (TPSA) is 54.8 Å². The van der Waals surface area contributed by atoms with Crippen LogP contribution in [0.1, 0.15) is 74.0 Å². The highest BCUT2D eigenvalue weighted by Crippen LogP contribution is 2.26. The SMILES string of the molecule is COc1ccccc1C(=O)N(CCC(C)C)CC(=O)N(Cc1cccn1Cc1ccccc1)C1CCCCC1. The van der Waals surface area contributed by atoms with Gasteiger partial charge in [-0.05, 0) is 55.0 Å². The van der Waals surface area contributed by atoms with E-state index in [9.17, 15) is 9.59 Å². The summed E-state index contributed by atoms with van der Waals surface area (Å²) < 4.78 is 7.71. The molecule has 0 atom stereocenters. The molecule has 2 amide bonds. The van der Waals surface area contributed by atoms with Gasteiger partial charge in [-0.3, -0.25) is 9.59 Å². The van der Waals surface area contributed by atoms with E-state index in [0.29, 0.717) is 30.3 Å². The molecule has 3 aromatic rings. The minimum atomic E-state index is -0.155. The molecule has 1 aliphatic rings. The van der Waals surface area contributed by atoms with E-state index in [2.05, 4.69) is 61.0 Å². The van der Waals surface area contributed by atoms with Crippen molar-refractivity contribution in [2.45, 2.75) is 71.5 Å². The highest BCUT2D eigenvalue weighted by Gasteiger charge is 2.30. The average molecular weight is 530 g/mol. The number of nitrogens with zero attached hydrogens (tertiary/aromatic N) is 3. The van der Waals surface area contributed by atoms with Gasteiger partial charge in [0.15, 0.2) is 0 Å². The molecule has 0 bridgehead atoms. The molecule has 6 nitrogen and oxygen atoms in total. The zero-order chi connectivity index (χ0) is 27.6. The van der Waals surface area contributed by atoms with Crippen molar-refractivity contribution in [1.29, 1.82) is 0 Å². The van der Waals surface area contributed by atoms with Gasteiger partial charge in [0.05, 0.1) is 19.2 Å². The summed E-state index contributed by atoms with van der Waals surface area (Å²) in [4.78, 5) is 31.6. The lowest BCUT2D eigenvalue weighted by Crippen LogP contribution is -2.48. The monoisotopic (exact) mass is 529 g/mol.